The normalized spacial score (nSPS) is 10.4. The van der Waals surface area contributed by atoms with Crippen molar-refractivity contribution < 1.29 is 9.13 Å². The predicted molar refractivity (Wildman–Crippen MR) is 74.3 cm³/mol. The molecule has 0 atom stereocenters. The molecule has 0 unspecified atom stereocenters. The van der Waals surface area contributed by atoms with Crippen LogP contribution in [0.4, 0.5) is 10.1 Å². The Kier molecular flexibility index (Phi) is 4.09. The lowest BCUT2D eigenvalue weighted by Gasteiger charge is -2.09. The Labute approximate surface area is 118 Å². The van der Waals surface area contributed by atoms with Crippen LogP contribution in [0.25, 0.3) is 0 Å². The Morgan fingerprint density at radius 2 is 2.00 bits per heavy atom. The van der Waals surface area contributed by atoms with Crippen LogP contribution in [0, 0.1) is 5.82 Å². The van der Waals surface area contributed by atoms with Gasteiger partial charge >= 0.3 is 0 Å². The summed E-state index contributed by atoms with van der Waals surface area (Å²) in [5.41, 5.74) is 6.24. The summed E-state index contributed by atoms with van der Waals surface area (Å²) in [5, 5.41) is 0.618. The third-order valence-corrected chi connectivity index (χ3v) is 3.21. The first-order chi connectivity index (χ1) is 8.56. The quantitative estimate of drug-likeness (QED) is 0.846. The highest BCUT2D eigenvalue weighted by Gasteiger charge is 2.04. The molecule has 0 radical (unpaired) electrons. The summed E-state index contributed by atoms with van der Waals surface area (Å²) in [6.45, 7) is 0.261. The fourth-order valence-corrected chi connectivity index (χ4v) is 2.21. The molecule has 2 aromatic rings. The zero-order valence-corrected chi connectivity index (χ0v) is 11.6. The van der Waals surface area contributed by atoms with Crippen LogP contribution in [0.2, 0.25) is 5.02 Å². The summed E-state index contributed by atoms with van der Waals surface area (Å²) in [5.74, 6) is 0.211. The molecule has 0 aliphatic heterocycles. The van der Waals surface area contributed by atoms with E-state index in [-0.39, 0.29) is 12.3 Å². The van der Waals surface area contributed by atoms with E-state index in [1.165, 1.54) is 12.1 Å². The highest BCUT2D eigenvalue weighted by Crippen LogP contribution is 2.28. The van der Waals surface area contributed by atoms with E-state index < -0.39 is 5.82 Å². The van der Waals surface area contributed by atoms with Gasteiger partial charge in [-0.3, -0.25) is 0 Å². The zero-order chi connectivity index (χ0) is 13.1. The van der Waals surface area contributed by atoms with E-state index in [1.54, 1.807) is 24.3 Å². The minimum absolute atomic E-state index is 0.131. The molecule has 2 aromatic carbocycles. The number of nitrogen functional groups attached to an aromatic ring is 1. The average Bonchev–Trinajstić information content (AvgIpc) is 2.32. The Balaban J connectivity index is 2.09. The lowest BCUT2D eigenvalue weighted by atomic mass is 10.2. The fourth-order valence-electron chi connectivity index (χ4n) is 1.41. The summed E-state index contributed by atoms with van der Waals surface area (Å²) in [7, 11) is 0. The minimum Gasteiger partial charge on any atom is -0.488 e. The molecular formula is C13H10BrClFNO. The lowest BCUT2D eigenvalue weighted by molar-refractivity contribution is 0.303. The van der Waals surface area contributed by atoms with Crippen molar-refractivity contribution in [2.24, 2.45) is 0 Å². The lowest BCUT2D eigenvalue weighted by Crippen LogP contribution is -1.98. The Hall–Kier alpha value is -1.26. The number of hydrogen-bond acceptors (Lipinski definition) is 2. The van der Waals surface area contributed by atoms with Gasteiger partial charge in [-0.2, -0.15) is 0 Å². The van der Waals surface area contributed by atoms with Crippen LogP contribution in [-0.4, -0.2) is 0 Å². The molecule has 0 heterocycles. The van der Waals surface area contributed by atoms with Crippen LogP contribution in [0.5, 0.6) is 5.75 Å². The van der Waals surface area contributed by atoms with Crippen molar-refractivity contribution in [3.8, 4) is 5.75 Å². The van der Waals surface area contributed by atoms with Gasteiger partial charge in [-0.25, -0.2) is 4.39 Å². The van der Waals surface area contributed by atoms with Gasteiger partial charge < -0.3 is 10.5 Å². The molecule has 0 aliphatic rings. The van der Waals surface area contributed by atoms with Gasteiger partial charge in [0.05, 0.1) is 10.2 Å². The maximum absolute atomic E-state index is 13.2. The van der Waals surface area contributed by atoms with E-state index in [4.69, 9.17) is 22.1 Å². The zero-order valence-electron chi connectivity index (χ0n) is 9.29. The highest BCUT2D eigenvalue weighted by molar-refractivity contribution is 9.10. The monoisotopic (exact) mass is 329 g/mol. The maximum Gasteiger partial charge on any atom is 0.146 e. The Morgan fingerprint density at radius 1 is 1.22 bits per heavy atom. The summed E-state index contributed by atoms with van der Waals surface area (Å²) in [4.78, 5) is 0. The van der Waals surface area contributed by atoms with Gasteiger partial charge in [0.2, 0.25) is 0 Å². The average molecular weight is 331 g/mol. The van der Waals surface area contributed by atoms with Crippen LogP contribution >= 0.6 is 27.5 Å². The van der Waals surface area contributed by atoms with E-state index in [1.807, 2.05) is 0 Å². The van der Waals surface area contributed by atoms with Crippen molar-refractivity contribution >= 4 is 33.2 Å². The largest absolute Gasteiger partial charge is 0.488 e. The van der Waals surface area contributed by atoms with Crippen molar-refractivity contribution in [1.82, 2.24) is 0 Å². The predicted octanol–water partition coefficient (Wildman–Crippen LogP) is 4.40. The second-order valence-electron chi connectivity index (χ2n) is 3.72. The summed E-state index contributed by atoms with van der Waals surface area (Å²) >= 11 is 9.17. The Bertz CT molecular complexity index is 577. The van der Waals surface area contributed by atoms with Crippen molar-refractivity contribution in [3.05, 3.63) is 57.3 Å². The molecule has 94 valence electrons. The van der Waals surface area contributed by atoms with Gasteiger partial charge in [0.25, 0.3) is 0 Å². The maximum atomic E-state index is 13.2. The van der Waals surface area contributed by atoms with Gasteiger partial charge in [-0.05, 0) is 51.8 Å². The van der Waals surface area contributed by atoms with Crippen molar-refractivity contribution in [3.63, 3.8) is 0 Å². The summed E-state index contributed by atoms with van der Waals surface area (Å²) in [6, 6.07) is 9.82. The third kappa shape index (κ3) is 3.15. The SMILES string of the molecule is Nc1ccc(COc2ccc(Cl)cc2Br)cc1F. The smallest absolute Gasteiger partial charge is 0.146 e. The van der Waals surface area contributed by atoms with Gasteiger partial charge in [0.1, 0.15) is 18.2 Å². The number of hydrogen-bond donors (Lipinski definition) is 1. The Morgan fingerprint density at radius 3 is 2.67 bits per heavy atom. The minimum atomic E-state index is -0.439. The van der Waals surface area contributed by atoms with Crippen LogP contribution < -0.4 is 10.5 Å². The number of halogens is 3. The molecule has 2 N–H and O–H groups in total. The molecule has 0 amide bonds. The fraction of sp³-hybridized carbons (Fsp3) is 0.0769. The molecular weight excluding hydrogens is 321 g/mol. The molecule has 5 heteroatoms. The van der Waals surface area contributed by atoms with Crippen molar-refractivity contribution in [2.45, 2.75) is 6.61 Å². The first-order valence-corrected chi connectivity index (χ1v) is 6.35. The van der Waals surface area contributed by atoms with Crippen LogP contribution in [0.15, 0.2) is 40.9 Å². The molecule has 2 rings (SSSR count). The van der Waals surface area contributed by atoms with Crippen LogP contribution in [0.3, 0.4) is 0 Å². The molecule has 18 heavy (non-hydrogen) atoms. The van der Waals surface area contributed by atoms with Gasteiger partial charge in [0, 0.05) is 5.02 Å². The van der Waals surface area contributed by atoms with Gasteiger partial charge in [0.15, 0.2) is 0 Å². The first kappa shape index (κ1) is 13.2. The second-order valence-corrected chi connectivity index (χ2v) is 5.01. The molecule has 0 fully saturated rings. The van der Waals surface area contributed by atoms with E-state index in [0.29, 0.717) is 16.3 Å². The summed E-state index contributed by atoms with van der Waals surface area (Å²) < 4.78 is 19.5. The highest BCUT2D eigenvalue weighted by atomic mass is 79.9. The molecule has 0 saturated carbocycles. The molecule has 0 aliphatic carbocycles. The van der Waals surface area contributed by atoms with E-state index in [9.17, 15) is 4.39 Å². The molecule has 0 saturated heterocycles. The number of anilines is 1. The second kappa shape index (κ2) is 5.59. The molecule has 0 spiro atoms. The molecule has 0 aromatic heterocycles. The standard InChI is InChI=1S/C13H10BrClFNO/c14-10-6-9(15)2-4-13(10)18-7-8-1-3-12(17)11(16)5-8/h1-6H,7,17H2. The first-order valence-electron chi connectivity index (χ1n) is 5.18. The molecule has 2 nitrogen and oxygen atoms in total. The number of nitrogens with two attached hydrogens (primary N) is 1. The van der Waals surface area contributed by atoms with Crippen LogP contribution in [-0.2, 0) is 6.61 Å². The summed E-state index contributed by atoms with van der Waals surface area (Å²) in [6.07, 6.45) is 0. The van der Waals surface area contributed by atoms with Crippen molar-refractivity contribution in [1.29, 1.82) is 0 Å². The van der Waals surface area contributed by atoms with Crippen molar-refractivity contribution in [2.75, 3.05) is 5.73 Å². The molecule has 0 bridgehead atoms. The number of ether oxygens (including phenoxy) is 1. The number of rotatable bonds is 3. The van der Waals surface area contributed by atoms with E-state index >= 15 is 0 Å². The third-order valence-electron chi connectivity index (χ3n) is 2.35. The van der Waals surface area contributed by atoms with E-state index in [2.05, 4.69) is 15.9 Å². The van der Waals surface area contributed by atoms with Gasteiger partial charge in [-0.15, -0.1) is 0 Å². The van der Waals surface area contributed by atoms with Gasteiger partial charge in [-0.1, -0.05) is 17.7 Å². The topological polar surface area (TPSA) is 35.2 Å². The van der Waals surface area contributed by atoms with Crippen LogP contribution in [0.1, 0.15) is 5.56 Å². The van der Waals surface area contributed by atoms with E-state index in [0.717, 1.165) is 4.47 Å². The number of benzene rings is 2.